The predicted octanol–water partition coefficient (Wildman–Crippen LogP) is 8.94. The summed E-state index contributed by atoms with van der Waals surface area (Å²) in [6.07, 6.45) is 9.03. The van der Waals surface area contributed by atoms with Gasteiger partial charge in [-0.1, -0.05) is 46.2 Å². The first kappa shape index (κ1) is 49.5. The minimum absolute atomic E-state index is 0.0157. The quantitative estimate of drug-likeness (QED) is 0.135. The number of anilines is 3. The maximum atomic E-state index is 14.8. The first-order valence-corrected chi connectivity index (χ1v) is 25.8. The molecule has 0 unspecified atom stereocenters. The van der Waals surface area contributed by atoms with E-state index in [9.17, 15) is 23.6 Å². The van der Waals surface area contributed by atoms with Gasteiger partial charge in [0.2, 0.25) is 11.9 Å². The normalized spacial score (nSPS) is 23.0. The molecule has 4 aliphatic heterocycles. The van der Waals surface area contributed by atoms with Crippen LogP contribution in [0.4, 0.5) is 26.2 Å². The fourth-order valence-electron chi connectivity index (χ4n) is 12.8. The summed E-state index contributed by atoms with van der Waals surface area (Å²) in [5.41, 5.74) is 5.13. The molecule has 18 heteroatoms. The molecule has 2 saturated heterocycles. The van der Waals surface area contributed by atoms with Crippen LogP contribution in [0, 0.1) is 34.0 Å². The second-order valence-electron chi connectivity index (χ2n) is 22.0. The number of ether oxygens (including phenoxy) is 1. The molecule has 0 radical (unpaired) electrons. The van der Waals surface area contributed by atoms with Crippen molar-refractivity contribution in [3.05, 3.63) is 93.7 Å². The number of likely N-dealkylation sites (tertiary alicyclic amines) is 1. The van der Waals surface area contributed by atoms with Gasteiger partial charge in [-0.25, -0.2) is 18.7 Å². The van der Waals surface area contributed by atoms with Crippen LogP contribution >= 0.6 is 11.6 Å². The number of rotatable bonds is 11. The van der Waals surface area contributed by atoms with E-state index >= 15 is 0 Å². The van der Waals surface area contributed by atoms with E-state index in [-0.39, 0.29) is 35.6 Å². The van der Waals surface area contributed by atoms with Crippen molar-refractivity contribution < 1.29 is 23.1 Å². The number of aromatic nitrogens is 6. The molecular weight excluding hydrogens is 938 g/mol. The van der Waals surface area contributed by atoms with Crippen molar-refractivity contribution in [2.75, 3.05) is 55.6 Å². The topological polar surface area (TPSA) is 154 Å². The van der Waals surface area contributed by atoms with Crippen LogP contribution in [-0.4, -0.2) is 109 Å². The number of carbonyl (C=O) groups excluding carboxylic acids is 2. The Labute approximate surface area is 425 Å². The van der Waals surface area contributed by atoms with Crippen LogP contribution in [0.25, 0.3) is 11.1 Å². The molecule has 5 aromatic rings. The molecular formula is C54H65ClF2N12O3. The Bertz CT molecular complexity index is 2890. The van der Waals surface area contributed by atoms with Crippen LogP contribution in [0.2, 0.25) is 5.02 Å². The zero-order chi connectivity index (χ0) is 50.8. The first-order valence-electron chi connectivity index (χ1n) is 25.4. The Hall–Kier alpha value is -6.12. The molecule has 1 aliphatic carbocycles. The van der Waals surface area contributed by atoms with E-state index in [0.717, 1.165) is 93.2 Å². The highest BCUT2D eigenvalue weighted by molar-refractivity contribution is 6.31. The van der Waals surface area contributed by atoms with E-state index in [4.69, 9.17) is 21.4 Å². The van der Waals surface area contributed by atoms with Crippen LogP contribution < -0.4 is 19.9 Å². The zero-order valence-electron chi connectivity index (χ0n) is 42.3. The van der Waals surface area contributed by atoms with Crippen molar-refractivity contribution in [3.63, 3.8) is 0 Å². The molecule has 0 bridgehead atoms. The predicted molar refractivity (Wildman–Crippen MR) is 272 cm³/mol. The highest BCUT2D eigenvalue weighted by Gasteiger charge is 2.64. The van der Waals surface area contributed by atoms with Gasteiger partial charge in [-0.15, -0.1) is 0 Å². The van der Waals surface area contributed by atoms with E-state index < -0.39 is 17.3 Å². The van der Waals surface area contributed by atoms with Crippen molar-refractivity contribution in [2.24, 2.45) is 29.7 Å². The van der Waals surface area contributed by atoms with Crippen molar-refractivity contribution in [1.82, 2.24) is 44.6 Å². The largest absolute Gasteiger partial charge is 0.489 e. The molecule has 15 nitrogen and oxygen atoms in total. The van der Waals surface area contributed by atoms with Crippen molar-refractivity contribution >= 4 is 40.9 Å². The maximum absolute atomic E-state index is 14.8. The number of hydrogen-bond donors (Lipinski definition) is 1. The molecule has 2 amide bonds. The van der Waals surface area contributed by atoms with Crippen LogP contribution in [0.5, 0.6) is 5.75 Å². The molecule has 7 heterocycles. The number of amides is 2. The number of aryl methyl sites for hydroxylation is 2. The second-order valence-corrected chi connectivity index (χ2v) is 22.4. The molecule has 0 spiro atoms. The van der Waals surface area contributed by atoms with Gasteiger partial charge in [0.1, 0.15) is 17.9 Å². The summed E-state index contributed by atoms with van der Waals surface area (Å²) in [5.74, 6) is 2.70. The van der Waals surface area contributed by atoms with Gasteiger partial charge < -0.3 is 29.7 Å². The highest BCUT2D eigenvalue weighted by atomic mass is 35.5. The monoisotopic (exact) mass is 1000 g/mol. The van der Waals surface area contributed by atoms with Crippen molar-refractivity contribution in [1.29, 1.82) is 5.26 Å². The lowest BCUT2D eigenvalue weighted by molar-refractivity contribution is -0.164. The molecule has 2 aromatic carbocycles. The number of nitrogens with zero attached hydrogens (tertiary/aromatic N) is 11. The highest BCUT2D eigenvalue weighted by Crippen LogP contribution is 2.56. The number of halogens is 3. The average Bonchev–Trinajstić information content (AvgIpc) is 3.98. The standard InChI is InChI=1S/C54H65ClF2N12O3/c1-32-28-67(52-59-25-37(26-60-52)49(71)62-50-53(3,4)51(54(50,5)6)72-40-11-10-35(24-58)44(55)22-40)19-12-36(32)30-65-17-13-39(14-18-65)69-45-15-20-66(33(2)70)31-43(45)48(63-69)68-16-8-9-34-21-41(38-27-61-64(7)29-38)42(47(56)57)23-46(34)68/h10-11,21-23,25-27,29,32,36,39,47,50-51H,8-9,12-20,28,30-31H2,1-7H3,(H,62,71)/t32-,36-,50?,51?/m0/s1. The number of carbonyl (C=O) groups is 2. The Balaban J connectivity index is 0.757. The average molecular weight is 1000 g/mol. The van der Waals surface area contributed by atoms with Gasteiger partial charge in [0.25, 0.3) is 12.3 Å². The molecule has 10 rings (SSSR count). The van der Waals surface area contributed by atoms with Crippen LogP contribution in [0.1, 0.15) is 118 Å². The molecule has 380 valence electrons. The van der Waals surface area contributed by atoms with Gasteiger partial charge in [-0.05, 0) is 79.3 Å². The minimum Gasteiger partial charge on any atom is -0.489 e. The Kier molecular flexibility index (Phi) is 13.3. The zero-order valence-corrected chi connectivity index (χ0v) is 43.1. The minimum atomic E-state index is -2.66. The van der Waals surface area contributed by atoms with Gasteiger partial charge >= 0.3 is 0 Å². The number of benzene rings is 2. The second kappa shape index (κ2) is 19.4. The van der Waals surface area contributed by atoms with Gasteiger partial charge in [-0.3, -0.25) is 19.0 Å². The number of nitrogens with one attached hydrogen (secondary N) is 1. The molecule has 3 fully saturated rings. The van der Waals surface area contributed by atoms with Crippen LogP contribution in [0.3, 0.4) is 0 Å². The lowest BCUT2D eigenvalue weighted by atomic mass is 9.49. The van der Waals surface area contributed by atoms with E-state index in [1.165, 1.54) is 0 Å². The lowest BCUT2D eigenvalue weighted by Gasteiger charge is -2.63. The molecule has 3 aromatic heterocycles. The fourth-order valence-corrected chi connectivity index (χ4v) is 13.0. The van der Waals surface area contributed by atoms with Crippen LogP contribution in [-0.2, 0) is 31.2 Å². The summed E-state index contributed by atoms with van der Waals surface area (Å²) in [4.78, 5) is 44.6. The number of hydrogen-bond acceptors (Lipinski definition) is 11. The van der Waals surface area contributed by atoms with Crippen LogP contribution in [0.15, 0.2) is 55.1 Å². The SMILES string of the molecule is CC(=O)N1CCc2c(c(N3CCCc4cc(-c5cnn(C)c5)c(C(F)F)cc43)nn2C2CCN(C[C@@H]3CCN(c4ncc(C(=O)NC5C(C)(C)C(Oc6ccc(C#N)c(Cl)c6)C5(C)C)cn4)C[C@@H]3C)CC2)C1. The smallest absolute Gasteiger partial charge is 0.264 e. The number of piperidine rings is 2. The third kappa shape index (κ3) is 9.18. The molecule has 1 saturated carbocycles. The maximum Gasteiger partial charge on any atom is 0.264 e. The van der Waals surface area contributed by atoms with E-state index in [2.05, 4.69) is 80.5 Å². The third-order valence-electron chi connectivity index (χ3n) is 16.5. The van der Waals surface area contributed by atoms with Gasteiger partial charge in [0.05, 0.1) is 34.9 Å². The molecule has 2 atom stereocenters. The van der Waals surface area contributed by atoms with Gasteiger partial charge in [-0.2, -0.15) is 15.5 Å². The van der Waals surface area contributed by atoms with E-state index in [0.29, 0.717) is 76.9 Å². The Morgan fingerprint density at radius 1 is 0.986 bits per heavy atom. The number of nitriles is 1. The number of alkyl halides is 2. The first-order chi connectivity index (χ1) is 34.4. The lowest BCUT2D eigenvalue weighted by Crippen LogP contribution is -2.74. The summed E-state index contributed by atoms with van der Waals surface area (Å²) in [7, 11) is 1.79. The summed E-state index contributed by atoms with van der Waals surface area (Å²) >= 11 is 6.28. The fraction of sp³-hybridized carbons (Fsp3) is 0.537. The van der Waals surface area contributed by atoms with E-state index in [1.54, 1.807) is 67.7 Å². The number of fused-ring (bicyclic) bond motifs is 2. The van der Waals surface area contributed by atoms with E-state index in [1.807, 2.05) is 11.0 Å². The summed E-state index contributed by atoms with van der Waals surface area (Å²) in [6, 6.07) is 10.7. The third-order valence-corrected chi connectivity index (χ3v) is 16.8. The van der Waals surface area contributed by atoms with Crippen molar-refractivity contribution in [3.8, 4) is 22.9 Å². The van der Waals surface area contributed by atoms with Crippen molar-refractivity contribution in [2.45, 2.75) is 111 Å². The Morgan fingerprint density at radius 2 is 1.74 bits per heavy atom. The summed E-state index contributed by atoms with van der Waals surface area (Å²) < 4.78 is 39.9. The summed E-state index contributed by atoms with van der Waals surface area (Å²) in [6.45, 7) is 18.5. The Morgan fingerprint density at radius 3 is 2.39 bits per heavy atom. The van der Waals surface area contributed by atoms with Gasteiger partial charge in [0.15, 0.2) is 5.82 Å². The summed E-state index contributed by atoms with van der Waals surface area (Å²) in [5, 5.41) is 22.5. The molecule has 72 heavy (non-hydrogen) atoms. The van der Waals surface area contributed by atoms with Gasteiger partial charge in [0, 0.05) is 136 Å². The molecule has 1 N–H and O–H groups in total. The molecule has 5 aliphatic rings.